The first kappa shape index (κ1) is 17.5. The lowest BCUT2D eigenvalue weighted by Gasteiger charge is -2.15. The van der Waals surface area contributed by atoms with E-state index in [0.29, 0.717) is 16.2 Å². The van der Waals surface area contributed by atoms with Crippen LogP contribution in [0.4, 0.5) is 5.69 Å². The molecule has 4 heteroatoms. The molecule has 3 rings (SSSR count). The Balaban J connectivity index is 2.10. The Morgan fingerprint density at radius 1 is 0.880 bits per heavy atom. The van der Waals surface area contributed by atoms with Crippen LogP contribution in [0.15, 0.2) is 47.4 Å². The van der Waals surface area contributed by atoms with E-state index in [1.165, 1.54) is 22.2 Å². The summed E-state index contributed by atoms with van der Waals surface area (Å²) >= 11 is 1.43. The maximum atomic E-state index is 13.1. The Labute approximate surface area is 152 Å². The van der Waals surface area contributed by atoms with Gasteiger partial charge in [0.05, 0.1) is 16.2 Å². The van der Waals surface area contributed by atoms with Crippen LogP contribution in [0, 0.1) is 20.8 Å². The first-order valence-corrected chi connectivity index (χ1v) is 9.32. The number of carbonyl (C=O) groups is 2. The molecule has 0 N–H and O–H groups in total. The summed E-state index contributed by atoms with van der Waals surface area (Å²) in [6.45, 7) is 8.02. The summed E-state index contributed by atoms with van der Waals surface area (Å²) in [6.07, 6.45) is 0. The lowest BCUT2D eigenvalue weighted by atomic mass is 10.0. The molecule has 0 unspecified atom stereocenters. The van der Waals surface area contributed by atoms with E-state index in [4.69, 9.17) is 0 Å². The zero-order valence-corrected chi connectivity index (χ0v) is 15.7. The quantitative estimate of drug-likeness (QED) is 0.753. The highest BCUT2D eigenvalue weighted by atomic mass is 32.2. The summed E-state index contributed by atoms with van der Waals surface area (Å²) in [4.78, 5) is 27.9. The number of thioether (sulfide) groups is 1. The van der Waals surface area contributed by atoms with Crippen molar-refractivity contribution in [2.45, 2.75) is 27.7 Å². The third kappa shape index (κ3) is 3.14. The van der Waals surface area contributed by atoms with E-state index < -0.39 is 0 Å². The molecule has 0 radical (unpaired) electrons. The number of benzene rings is 2. The van der Waals surface area contributed by atoms with Gasteiger partial charge < -0.3 is 0 Å². The van der Waals surface area contributed by atoms with Crippen molar-refractivity contribution >= 4 is 34.8 Å². The van der Waals surface area contributed by atoms with Gasteiger partial charge in [-0.25, -0.2) is 4.90 Å². The monoisotopic (exact) mass is 351 g/mol. The van der Waals surface area contributed by atoms with Crippen molar-refractivity contribution in [3.05, 3.63) is 69.6 Å². The average molecular weight is 351 g/mol. The van der Waals surface area contributed by atoms with E-state index in [1.54, 1.807) is 0 Å². The molecule has 0 bridgehead atoms. The van der Waals surface area contributed by atoms with Crippen LogP contribution in [0.25, 0.3) is 5.57 Å². The molecule has 25 heavy (non-hydrogen) atoms. The van der Waals surface area contributed by atoms with Crippen LogP contribution in [0.5, 0.6) is 0 Å². The van der Waals surface area contributed by atoms with Gasteiger partial charge in [0, 0.05) is 0 Å². The first-order valence-electron chi connectivity index (χ1n) is 8.34. The highest BCUT2D eigenvalue weighted by Crippen LogP contribution is 2.38. The van der Waals surface area contributed by atoms with Crippen LogP contribution >= 0.6 is 11.8 Å². The fourth-order valence-corrected chi connectivity index (χ4v) is 3.72. The zero-order chi connectivity index (χ0) is 18.1. The van der Waals surface area contributed by atoms with Gasteiger partial charge >= 0.3 is 0 Å². The van der Waals surface area contributed by atoms with Gasteiger partial charge in [0.15, 0.2) is 0 Å². The molecule has 1 heterocycles. The van der Waals surface area contributed by atoms with Crippen LogP contribution in [0.2, 0.25) is 0 Å². The van der Waals surface area contributed by atoms with Crippen molar-refractivity contribution in [1.82, 2.24) is 0 Å². The lowest BCUT2D eigenvalue weighted by molar-refractivity contribution is -0.119. The summed E-state index contributed by atoms with van der Waals surface area (Å²) in [7, 11) is 0. The normalized spacial score (nSPS) is 14.6. The predicted molar refractivity (Wildman–Crippen MR) is 105 cm³/mol. The second kappa shape index (κ2) is 6.89. The summed E-state index contributed by atoms with van der Waals surface area (Å²) in [5, 5.41) is 0. The van der Waals surface area contributed by atoms with Crippen molar-refractivity contribution in [3.63, 3.8) is 0 Å². The lowest BCUT2D eigenvalue weighted by Crippen LogP contribution is -2.31. The Morgan fingerprint density at radius 3 is 2.16 bits per heavy atom. The molecule has 2 aromatic rings. The summed E-state index contributed by atoms with van der Waals surface area (Å²) in [6, 6.07) is 13.4. The molecule has 128 valence electrons. The van der Waals surface area contributed by atoms with Gasteiger partial charge in [-0.05, 0) is 55.3 Å². The number of amides is 2. The van der Waals surface area contributed by atoms with Crippen LogP contribution < -0.4 is 4.90 Å². The Morgan fingerprint density at radius 2 is 1.56 bits per heavy atom. The standard InChI is InChI=1S/C21H21NO2S/c1-5-25-19-18(16-9-8-14(3)15(4)12-16)20(23)22(21(19)24)17-10-6-13(2)7-11-17/h6-12H,5H2,1-4H3. The molecule has 0 aromatic heterocycles. The number of anilines is 1. The molecule has 2 amide bonds. The molecule has 0 fully saturated rings. The molecule has 0 saturated carbocycles. The van der Waals surface area contributed by atoms with E-state index in [-0.39, 0.29) is 11.8 Å². The molecular formula is C21H21NO2S. The van der Waals surface area contributed by atoms with Crippen LogP contribution in [-0.4, -0.2) is 17.6 Å². The Hall–Kier alpha value is -2.33. The predicted octanol–water partition coefficient (Wildman–Crippen LogP) is 4.65. The maximum Gasteiger partial charge on any atom is 0.272 e. The molecular weight excluding hydrogens is 330 g/mol. The number of carbonyl (C=O) groups excluding carboxylic acids is 2. The molecule has 0 atom stereocenters. The fraction of sp³-hybridized carbons (Fsp3) is 0.238. The van der Waals surface area contributed by atoms with Gasteiger partial charge in [-0.3, -0.25) is 9.59 Å². The average Bonchev–Trinajstić information content (AvgIpc) is 2.82. The minimum absolute atomic E-state index is 0.228. The van der Waals surface area contributed by atoms with Gasteiger partial charge in [-0.1, -0.05) is 42.8 Å². The molecule has 2 aromatic carbocycles. The number of hydrogen-bond acceptors (Lipinski definition) is 3. The highest BCUT2D eigenvalue weighted by molar-refractivity contribution is 8.04. The van der Waals surface area contributed by atoms with Crippen molar-refractivity contribution in [2.75, 3.05) is 10.7 Å². The van der Waals surface area contributed by atoms with Crippen molar-refractivity contribution in [3.8, 4) is 0 Å². The van der Waals surface area contributed by atoms with E-state index in [2.05, 4.69) is 0 Å². The Bertz CT molecular complexity index is 881. The van der Waals surface area contributed by atoms with Gasteiger partial charge in [0.1, 0.15) is 0 Å². The Kier molecular flexibility index (Phi) is 4.82. The van der Waals surface area contributed by atoms with Crippen molar-refractivity contribution in [1.29, 1.82) is 0 Å². The van der Waals surface area contributed by atoms with Crippen LogP contribution in [0.1, 0.15) is 29.2 Å². The third-order valence-corrected chi connectivity index (χ3v) is 5.37. The zero-order valence-electron chi connectivity index (χ0n) is 14.9. The minimum Gasteiger partial charge on any atom is -0.268 e. The molecule has 3 nitrogen and oxygen atoms in total. The van der Waals surface area contributed by atoms with E-state index in [0.717, 1.165) is 22.4 Å². The summed E-state index contributed by atoms with van der Waals surface area (Å²) < 4.78 is 0. The third-order valence-electron chi connectivity index (χ3n) is 4.42. The van der Waals surface area contributed by atoms with Crippen molar-refractivity contribution in [2.24, 2.45) is 0 Å². The number of imide groups is 1. The number of nitrogens with zero attached hydrogens (tertiary/aromatic N) is 1. The van der Waals surface area contributed by atoms with Crippen molar-refractivity contribution < 1.29 is 9.59 Å². The number of aryl methyl sites for hydroxylation is 3. The topological polar surface area (TPSA) is 37.4 Å². The van der Waals surface area contributed by atoms with Gasteiger partial charge in [0.25, 0.3) is 11.8 Å². The molecule has 0 saturated heterocycles. The number of rotatable bonds is 4. The van der Waals surface area contributed by atoms with Gasteiger partial charge in [-0.2, -0.15) is 0 Å². The van der Waals surface area contributed by atoms with Crippen LogP contribution in [-0.2, 0) is 9.59 Å². The molecule has 1 aliphatic heterocycles. The molecule has 0 spiro atoms. The summed E-state index contributed by atoms with van der Waals surface area (Å²) in [5.41, 5.74) is 5.32. The van der Waals surface area contributed by atoms with E-state index in [1.807, 2.05) is 70.2 Å². The number of hydrogen-bond donors (Lipinski definition) is 0. The molecule has 0 aliphatic carbocycles. The van der Waals surface area contributed by atoms with E-state index >= 15 is 0 Å². The largest absolute Gasteiger partial charge is 0.272 e. The van der Waals surface area contributed by atoms with Gasteiger partial charge in [-0.15, -0.1) is 11.8 Å². The second-order valence-corrected chi connectivity index (χ2v) is 7.49. The van der Waals surface area contributed by atoms with E-state index in [9.17, 15) is 9.59 Å². The smallest absolute Gasteiger partial charge is 0.268 e. The van der Waals surface area contributed by atoms with Gasteiger partial charge in [0.2, 0.25) is 0 Å². The molecule has 1 aliphatic rings. The SMILES string of the molecule is CCSC1=C(c2ccc(C)c(C)c2)C(=O)N(c2ccc(C)cc2)C1=O. The summed E-state index contributed by atoms with van der Waals surface area (Å²) in [5.74, 6) is 0.270. The maximum absolute atomic E-state index is 13.1. The first-order chi connectivity index (χ1) is 11.9. The minimum atomic E-state index is -0.243. The highest BCUT2D eigenvalue weighted by Gasteiger charge is 2.39. The van der Waals surface area contributed by atoms with Crippen LogP contribution in [0.3, 0.4) is 0 Å². The second-order valence-electron chi connectivity index (χ2n) is 6.22. The fourth-order valence-electron chi connectivity index (χ4n) is 2.87.